The fourth-order valence-corrected chi connectivity index (χ4v) is 2.58. The molecule has 28 heavy (non-hydrogen) atoms. The first-order valence-electron chi connectivity index (χ1n) is 8.87. The van der Waals surface area contributed by atoms with E-state index in [-0.39, 0.29) is 17.8 Å². The quantitative estimate of drug-likeness (QED) is 0.640. The third-order valence-corrected chi connectivity index (χ3v) is 4.02. The first-order valence-corrected chi connectivity index (χ1v) is 8.87. The molecule has 0 aliphatic carbocycles. The van der Waals surface area contributed by atoms with Gasteiger partial charge < -0.3 is 15.4 Å². The highest BCUT2D eigenvalue weighted by atomic mass is 16.5. The van der Waals surface area contributed by atoms with Gasteiger partial charge in [0.05, 0.1) is 18.3 Å². The summed E-state index contributed by atoms with van der Waals surface area (Å²) in [6.45, 7) is 3.94. The van der Waals surface area contributed by atoms with Gasteiger partial charge in [-0.2, -0.15) is 5.10 Å². The zero-order valence-corrected chi connectivity index (χ0v) is 15.6. The van der Waals surface area contributed by atoms with Crippen LogP contribution in [-0.4, -0.2) is 33.4 Å². The van der Waals surface area contributed by atoms with Crippen molar-refractivity contribution in [1.29, 1.82) is 0 Å². The number of pyridine rings is 1. The average Bonchev–Trinajstić information content (AvgIpc) is 3.20. The van der Waals surface area contributed by atoms with Gasteiger partial charge in [0.25, 0.3) is 0 Å². The summed E-state index contributed by atoms with van der Waals surface area (Å²) in [6, 6.07) is 12.0. The molecule has 3 aromatic rings. The molecule has 144 valence electrons. The molecule has 1 aromatic carbocycles. The number of aromatic nitrogens is 3. The maximum Gasteiger partial charge on any atom is 0.358 e. The first kappa shape index (κ1) is 19.1. The maximum atomic E-state index is 12.2. The highest BCUT2D eigenvalue weighted by Crippen LogP contribution is 2.15. The van der Waals surface area contributed by atoms with Crippen molar-refractivity contribution in [3.63, 3.8) is 0 Å². The molecule has 0 fully saturated rings. The summed E-state index contributed by atoms with van der Waals surface area (Å²) in [5.41, 5.74) is 2.61. The molecule has 2 amide bonds. The maximum absolute atomic E-state index is 12.2. The third kappa shape index (κ3) is 4.73. The van der Waals surface area contributed by atoms with Gasteiger partial charge in [0, 0.05) is 24.3 Å². The summed E-state index contributed by atoms with van der Waals surface area (Å²) < 4.78 is 6.50. The van der Waals surface area contributed by atoms with Crippen molar-refractivity contribution in [2.24, 2.45) is 0 Å². The highest BCUT2D eigenvalue weighted by Gasteiger charge is 2.12. The van der Waals surface area contributed by atoms with E-state index in [9.17, 15) is 9.59 Å². The number of urea groups is 1. The normalized spacial score (nSPS) is 11.5. The van der Waals surface area contributed by atoms with Crippen LogP contribution in [0, 0.1) is 0 Å². The summed E-state index contributed by atoms with van der Waals surface area (Å²) in [5.74, 6) is -0.459. The Kier molecular flexibility index (Phi) is 6.01. The van der Waals surface area contributed by atoms with Crippen molar-refractivity contribution in [3.05, 3.63) is 72.3 Å². The largest absolute Gasteiger partial charge is 0.461 e. The minimum Gasteiger partial charge on any atom is -0.461 e. The summed E-state index contributed by atoms with van der Waals surface area (Å²) in [5, 5.41) is 9.86. The third-order valence-electron chi connectivity index (χ3n) is 4.02. The lowest BCUT2D eigenvalue weighted by Gasteiger charge is -2.15. The monoisotopic (exact) mass is 379 g/mol. The Hall–Kier alpha value is -3.68. The lowest BCUT2D eigenvalue weighted by molar-refractivity contribution is 0.0519. The number of esters is 1. The molecule has 0 radical (unpaired) electrons. The van der Waals surface area contributed by atoms with Gasteiger partial charge in [-0.05, 0) is 61.9 Å². The number of anilines is 1. The molecule has 1 atom stereocenters. The minimum absolute atomic E-state index is 0.146. The predicted molar refractivity (Wildman–Crippen MR) is 104 cm³/mol. The number of nitrogens with one attached hydrogen (secondary N) is 2. The molecule has 8 nitrogen and oxygen atoms in total. The van der Waals surface area contributed by atoms with Crippen LogP contribution < -0.4 is 10.6 Å². The van der Waals surface area contributed by atoms with Gasteiger partial charge in [0.15, 0.2) is 5.69 Å². The van der Waals surface area contributed by atoms with Crippen molar-refractivity contribution < 1.29 is 14.3 Å². The van der Waals surface area contributed by atoms with Gasteiger partial charge >= 0.3 is 12.0 Å². The molecule has 0 saturated heterocycles. The fourth-order valence-electron chi connectivity index (χ4n) is 2.58. The Labute approximate surface area is 162 Å². The zero-order chi connectivity index (χ0) is 19.9. The highest BCUT2D eigenvalue weighted by molar-refractivity contribution is 5.89. The van der Waals surface area contributed by atoms with E-state index in [1.54, 1.807) is 60.5 Å². The smallest absolute Gasteiger partial charge is 0.358 e. The number of amides is 2. The van der Waals surface area contributed by atoms with Gasteiger partial charge in [0.2, 0.25) is 0 Å². The standard InChI is InChI=1S/C20H21N5O3/c1-3-28-19(26)18-10-13-25(24-18)17-6-4-16(5-7-17)23-20(27)22-14(2)15-8-11-21-12-9-15/h4-14H,3H2,1-2H3,(H2,22,23,27). The summed E-state index contributed by atoms with van der Waals surface area (Å²) in [6.07, 6.45) is 5.05. The van der Waals surface area contributed by atoms with Crippen LogP contribution in [0.1, 0.15) is 35.9 Å². The van der Waals surface area contributed by atoms with Crippen LogP contribution in [-0.2, 0) is 4.74 Å². The Morgan fingerprint density at radius 1 is 1.11 bits per heavy atom. The Balaban J connectivity index is 1.60. The molecule has 1 unspecified atom stereocenters. The van der Waals surface area contributed by atoms with E-state index >= 15 is 0 Å². The molecular formula is C20H21N5O3. The lowest BCUT2D eigenvalue weighted by atomic mass is 10.1. The zero-order valence-electron chi connectivity index (χ0n) is 15.6. The van der Waals surface area contributed by atoms with E-state index < -0.39 is 5.97 Å². The van der Waals surface area contributed by atoms with Gasteiger partial charge in [0.1, 0.15) is 0 Å². The Morgan fingerprint density at radius 2 is 1.82 bits per heavy atom. The van der Waals surface area contributed by atoms with Gasteiger partial charge in [-0.15, -0.1) is 0 Å². The number of hydrogen-bond acceptors (Lipinski definition) is 5. The number of carbonyl (C=O) groups is 2. The molecule has 0 saturated carbocycles. The van der Waals surface area contributed by atoms with Crippen LogP contribution in [0.2, 0.25) is 0 Å². The fraction of sp³-hybridized carbons (Fsp3) is 0.200. The number of rotatable bonds is 6. The summed E-state index contributed by atoms with van der Waals surface area (Å²) in [4.78, 5) is 27.9. The van der Waals surface area contributed by atoms with Crippen molar-refractivity contribution in [1.82, 2.24) is 20.1 Å². The van der Waals surface area contributed by atoms with Crippen LogP contribution in [0.3, 0.4) is 0 Å². The van der Waals surface area contributed by atoms with Crippen molar-refractivity contribution >= 4 is 17.7 Å². The molecule has 8 heteroatoms. The molecule has 0 aliphatic rings. The van der Waals surface area contributed by atoms with E-state index in [1.807, 2.05) is 19.1 Å². The van der Waals surface area contributed by atoms with E-state index in [4.69, 9.17) is 4.74 Å². The van der Waals surface area contributed by atoms with E-state index in [1.165, 1.54) is 0 Å². The number of ether oxygens (including phenoxy) is 1. The van der Waals surface area contributed by atoms with Crippen LogP contribution in [0.15, 0.2) is 61.1 Å². The topological polar surface area (TPSA) is 98.1 Å². The van der Waals surface area contributed by atoms with Crippen LogP contribution in [0.5, 0.6) is 0 Å². The number of benzene rings is 1. The van der Waals surface area contributed by atoms with Crippen LogP contribution >= 0.6 is 0 Å². The molecule has 2 aromatic heterocycles. The van der Waals surface area contributed by atoms with E-state index in [0.29, 0.717) is 12.3 Å². The van der Waals surface area contributed by atoms with Gasteiger partial charge in [-0.25, -0.2) is 14.3 Å². The van der Waals surface area contributed by atoms with Crippen molar-refractivity contribution in [2.75, 3.05) is 11.9 Å². The second kappa shape index (κ2) is 8.81. The van der Waals surface area contributed by atoms with Crippen LogP contribution in [0.25, 0.3) is 5.69 Å². The first-order chi connectivity index (χ1) is 13.6. The average molecular weight is 379 g/mol. The molecule has 3 rings (SSSR count). The summed E-state index contributed by atoms with van der Waals surface area (Å²) in [7, 11) is 0. The molecule has 0 spiro atoms. The predicted octanol–water partition coefficient (Wildman–Crippen LogP) is 3.33. The van der Waals surface area contributed by atoms with Crippen LogP contribution in [0.4, 0.5) is 10.5 Å². The number of hydrogen-bond donors (Lipinski definition) is 2. The van der Waals surface area contributed by atoms with Gasteiger partial charge in [-0.3, -0.25) is 4.98 Å². The minimum atomic E-state index is -0.459. The Morgan fingerprint density at radius 3 is 2.50 bits per heavy atom. The molecule has 0 bridgehead atoms. The second-order valence-corrected chi connectivity index (χ2v) is 6.01. The number of nitrogens with zero attached hydrogens (tertiary/aromatic N) is 3. The molecule has 2 heterocycles. The van der Waals surface area contributed by atoms with E-state index in [2.05, 4.69) is 20.7 Å². The number of carbonyl (C=O) groups excluding carboxylic acids is 2. The molecule has 2 N–H and O–H groups in total. The van der Waals surface area contributed by atoms with Crippen molar-refractivity contribution in [2.45, 2.75) is 19.9 Å². The molecular weight excluding hydrogens is 358 g/mol. The molecule has 0 aliphatic heterocycles. The second-order valence-electron chi connectivity index (χ2n) is 6.01. The Bertz CT molecular complexity index is 938. The SMILES string of the molecule is CCOC(=O)c1ccn(-c2ccc(NC(=O)NC(C)c3ccncc3)cc2)n1. The summed E-state index contributed by atoms with van der Waals surface area (Å²) >= 11 is 0. The van der Waals surface area contributed by atoms with Crippen molar-refractivity contribution in [3.8, 4) is 5.69 Å². The van der Waals surface area contributed by atoms with E-state index in [0.717, 1.165) is 11.3 Å². The van der Waals surface area contributed by atoms with Gasteiger partial charge in [-0.1, -0.05) is 0 Å². The lowest BCUT2D eigenvalue weighted by Crippen LogP contribution is -2.31.